The van der Waals surface area contributed by atoms with Crippen molar-refractivity contribution in [2.45, 2.75) is 39.7 Å². The number of hydrogen-bond acceptors (Lipinski definition) is 1. The highest BCUT2D eigenvalue weighted by Crippen LogP contribution is 2.27. The van der Waals surface area contributed by atoms with Crippen LogP contribution in [0.15, 0.2) is 11.6 Å². The molecule has 0 unspecified atom stereocenters. The second-order valence-corrected chi connectivity index (χ2v) is 4.03. The molecular formula is C10H19N. The lowest BCUT2D eigenvalue weighted by Gasteiger charge is -2.28. The molecule has 2 atom stereocenters. The number of nitrogens with two attached hydrogens (primary N) is 1. The van der Waals surface area contributed by atoms with E-state index < -0.39 is 0 Å². The molecule has 0 aromatic carbocycles. The van der Waals surface area contributed by atoms with Crippen LogP contribution in [-0.2, 0) is 0 Å². The van der Waals surface area contributed by atoms with Gasteiger partial charge < -0.3 is 5.73 Å². The van der Waals surface area contributed by atoms with Gasteiger partial charge >= 0.3 is 0 Å². The lowest BCUT2D eigenvalue weighted by atomic mass is 9.80. The zero-order valence-corrected chi connectivity index (χ0v) is 7.80. The van der Waals surface area contributed by atoms with Crippen LogP contribution in [0.1, 0.15) is 33.6 Å². The van der Waals surface area contributed by atoms with Crippen LogP contribution < -0.4 is 5.73 Å². The molecule has 0 heterocycles. The third-order valence-electron chi connectivity index (χ3n) is 2.83. The minimum absolute atomic E-state index is 0.330. The van der Waals surface area contributed by atoms with E-state index in [9.17, 15) is 0 Å². The first-order chi connectivity index (χ1) is 5.11. The molecule has 1 nitrogen and oxygen atoms in total. The van der Waals surface area contributed by atoms with Crippen molar-refractivity contribution in [1.29, 1.82) is 0 Å². The van der Waals surface area contributed by atoms with E-state index in [1.54, 1.807) is 0 Å². The summed E-state index contributed by atoms with van der Waals surface area (Å²) in [6.07, 6.45) is 4.72. The average Bonchev–Trinajstić information content (AvgIpc) is 1.94. The molecule has 0 bridgehead atoms. The summed E-state index contributed by atoms with van der Waals surface area (Å²) in [4.78, 5) is 0. The van der Waals surface area contributed by atoms with Gasteiger partial charge in [-0.1, -0.05) is 25.5 Å². The van der Waals surface area contributed by atoms with Crippen LogP contribution in [0.25, 0.3) is 0 Å². The summed E-state index contributed by atoms with van der Waals surface area (Å²) in [5.41, 5.74) is 7.31. The first-order valence-electron chi connectivity index (χ1n) is 4.53. The fourth-order valence-corrected chi connectivity index (χ4v) is 1.64. The third-order valence-corrected chi connectivity index (χ3v) is 2.83. The van der Waals surface area contributed by atoms with Crippen LogP contribution in [0.4, 0.5) is 0 Å². The predicted octanol–water partition coefficient (Wildman–Crippen LogP) is 2.33. The number of hydrogen-bond donors (Lipinski definition) is 1. The Morgan fingerprint density at radius 3 is 2.64 bits per heavy atom. The first kappa shape index (κ1) is 8.79. The van der Waals surface area contributed by atoms with Crippen molar-refractivity contribution < 1.29 is 0 Å². The molecular weight excluding hydrogens is 134 g/mol. The van der Waals surface area contributed by atoms with E-state index in [-0.39, 0.29) is 0 Å². The predicted molar refractivity (Wildman–Crippen MR) is 49.3 cm³/mol. The Kier molecular flexibility index (Phi) is 2.72. The van der Waals surface area contributed by atoms with Crippen molar-refractivity contribution in [3.63, 3.8) is 0 Å². The SMILES string of the molecule is CC1=CC[C@H](C(C)C)C[C@H]1N. The van der Waals surface area contributed by atoms with Gasteiger partial charge in [0.25, 0.3) is 0 Å². The van der Waals surface area contributed by atoms with Crippen molar-refractivity contribution >= 4 is 0 Å². The summed E-state index contributed by atoms with van der Waals surface area (Å²) < 4.78 is 0. The minimum atomic E-state index is 0.330. The lowest BCUT2D eigenvalue weighted by molar-refractivity contribution is 0.332. The van der Waals surface area contributed by atoms with E-state index in [0.717, 1.165) is 11.8 Å². The van der Waals surface area contributed by atoms with Gasteiger partial charge in [-0.15, -0.1) is 0 Å². The van der Waals surface area contributed by atoms with Crippen molar-refractivity contribution in [1.82, 2.24) is 0 Å². The van der Waals surface area contributed by atoms with Gasteiger partial charge in [-0.05, 0) is 31.6 Å². The maximum absolute atomic E-state index is 5.94. The molecule has 0 aliphatic heterocycles. The van der Waals surface area contributed by atoms with Gasteiger partial charge in [-0.2, -0.15) is 0 Å². The van der Waals surface area contributed by atoms with E-state index >= 15 is 0 Å². The van der Waals surface area contributed by atoms with Crippen LogP contribution in [0.2, 0.25) is 0 Å². The number of rotatable bonds is 1. The Morgan fingerprint density at radius 2 is 2.18 bits per heavy atom. The monoisotopic (exact) mass is 153 g/mol. The van der Waals surface area contributed by atoms with Gasteiger partial charge in [0, 0.05) is 6.04 Å². The van der Waals surface area contributed by atoms with Gasteiger partial charge in [0.1, 0.15) is 0 Å². The third kappa shape index (κ3) is 2.06. The van der Waals surface area contributed by atoms with Crippen LogP contribution >= 0.6 is 0 Å². The maximum atomic E-state index is 5.94. The topological polar surface area (TPSA) is 26.0 Å². The Hall–Kier alpha value is -0.300. The summed E-state index contributed by atoms with van der Waals surface area (Å²) in [6, 6.07) is 0.330. The summed E-state index contributed by atoms with van der Waals surface area (Å²) >= 11 is 0. The molecule has 0 aromatic heterocycles. The molecule has 0 aromatic rings. The normalized spacial score (nSPS) is 32.3. The molecule has 2 N–H and O–H groups in total. The molecule has 0 amide bonds. The molecule has 0 saturated carbocycles. The molecule has 0 fully saturated rings. The number of allylic oxidation sites excluding steroid dienone is 1. The molecule has 0 radical (unpaired) electrons. The van der Waals surface area contributed by atoms with Gasteiger partial charge in [0.15, 0.2) is 0 Å². The average molecular weight is 153 g/mol. The van der Waals surface area contributed by atoms with E-state index in [1.807, 2.05) is 0 Å². The molecule has 1 heteroatoms. The molecule has 0 saturated heterocycles. The second-order valence-electron chi connectivity index (χ2n) is 4.03. The quantitative estimate of drug-likeness (QED) is 0.575. The summed E-state index contributed by atoms with van der Waals surface area (Å²) in [6.45, 7) is 6.71. The lowest BCUT2D eigenvalue weighted by Crippen LogP contribution is -2.29. The first-order valence-corrected chi connectivity index (χ1v) is 4.53. The van der Waals surface area contributed by atoms with E-state index in [4.69, 9.17) is 5.73 Å². The molecule has 1 aliphatic rings. The largest absolute Gasteiger partial charge is 0.324 e. The van der Waals surface area contributed by atoms with Gasteiger partial charge in [-0.3, -0.25) is 0 Å². The van der Waals surface area contributed by atoms with E-state index in [1.165, 1.54) is 18.4 Å². The summed E-state index contributed by atoms with van der Waals surface area (Å²) in [5.74, 6) is 1.60. The second kappa shape index (κ2) is 3.40. The van der Waals surface area contributed by atoms with Crippen molar-refractivity contribution in [2.24, 2.45) is 17.6 Å². The fraction of sp³-hybridized carbons (Fsp3) is 0.800. The summed E-state index contributed by atoms with van der Waals surface area (Å²) in [5, 5.41) is 0. The Labute approximate surface area is 69.7 Å². The molecule has 64 valence electrons. The van der Waals surface area contributed by atoms with Crippen LogP contribution in [-0.4, -0.2) is 6.04 Å². The maximum Gasteiger partial charge on any atom is 0.0253 e. The Balaban J connectivity index is 2.55. The molecule has 1 rings (SSSR count). The smallest absolute Gasteiger partial charge is 0.0253 e. The van der Waals surface area contributed by atoms with Crippen molar-refractivity contribution in [2.75, 3.05) is 0 Å². The van der Waals surface area contributed by atoms with Gasteiger partial charge in [0.2, 0.25) is 0 Å². The highest BCUT2D eigenvalue weighted by molar-refractivity contribution is 5.11. The van der Waals surface area contributed by atoms with E-state index in [2.05, 4.69) is 26.8 Å². The highest BCUT2D eigenvalue weighted by Gasteiger charge is 2.20. The van der Waals surface area contributed by atoms with Crippen molar-refractivity contribution in [3.05, 3.63) is 11.6 Å². The van der Waals surface area contributed by atoms with Crippen LogP contribution in [0.3, 0.4) is 0 Å². The van der Waals surface area contributed by atoms with E-state index in [0.29, 0.717) is 6.04 Å². The van der Waals surface area contributed by atoms with Crippen molar-refractivity contribution in [3.8, 4) is 0 Å². The van der Waals surface area contributed by atoms with Crippen LogP contribution in [0, 0.1) is 11.8 Å². The zero-order valence-electron chi connectivity index (χ0n) is 7.80. The van der Waals surface area contributed by atoms with Gasteiger partial charge in [0.05, 0.1) is 0 Å². The van der Waals surface area contributed by atoms with Gasteiger partial charge in [-0.25, -0.2) is 0 Å². The standard InChI is InChI=1S/C10H19N/c1-7(2)9-5-4-8(3)10(11)6-9/h4,7,9-10H,5-6,11H2,1-3H3/t9-,10+/m0/s1. The highest BCUT2D eigenvalue weighted by atomic mass is 14.6. The summed E-state index contributed by atoms with van der Waals surface area (Å²) in [7, 11) is 0. The molecule has 1 aliphatic carbocycles. The molecule has 0 spiro atoms. The Morgan fingerprint density at radius 1 is 1.55 bits per heavy atom. The zero-order chi connectivity index (χ0) is 8.43. The fourth-order valence-electron chi connectivity index (χ4n) is 1.64. The van der Waals surface area contributed by atoms with Crippen LogP contribution in [0.5, 0.6) is 0 Å². The molecule has 11 heavy (non-hydrogen) atoms. The Bertz CT molecular complexity index is 158. The minimum Gasteiger partial charge on any atom is -0.324 e.